The maximum absolute atomic E-state index is 12.0. The van der Waals surface area contributed by atoms with Crippen molar-refractivity contribution >= 4 is 34.6 Å². The van der Waals surface area contributed by atoms with Gasteiger partial charge in [0.1, 0.15) is 10.5 Å². The summed E-state index contributed by atoms with van der Waals surface area (Å²) in [6, 6.07) is 1.99. The molecule has 2 N–H and O–H groups in total. The number of thiophene rings is 1. The van der Waals surface area contributed by atoms with Crippen molar-refractivity contribution < 1.29 is 14.7 Å². The first kappa shape index (κ1) is 14.2. The second-order valence-electron chi connectivity index (χ2n) is 5.12. The van der Waals surface area contributed by atoms with Crippen LogP contribution in [0.15, 0.2) is 22.2 Å². The Hall–Kier alpha value is -1.73. The van der Waals surface area contributed by atoms with E-state index < -0.39 is 11.5 Å². The van der Waals surface area contributed by atoms with Crippen molar-refractivity contribution in [1.82, 2.24) is 10.3 Å². The van der Waals surface area contributed by atoms with Gasteiger partial charge < -0.3 is 10.4 Å². The Morgan fingerprint density at radius 1 is 1.38 bits per heavy atom. The van der Waals surface area contributed by atoms with Crippen LogP contribution in [-0.4, -0.2) is 27.5 Å². The summed E-state index contributed by atoms with van der Waals surface area (Å²) in [6.45, 7) is 0. The smallest absolute Gasteiger partial charge is 0.329 e. The summed E-state index contributed by atoms with van der Waals surface area (Å²) in [4.78, 5) is 27.7. The molecule has 1 aliphatic rings. The van der Waals surface area contributed by atoms with Gasteiger partial charge in [0, 0.05) is 16.3 Å². The second kappa shape index (κ2) is 5.57. The molecule has 0 unspecified atom stereocenters. The fraction of sp³-hybridized carbons (Fsp3) is 0.357. The Morgan fingerprint density at radius 2 is 2.19 bits per heavy atom. The number of amides is 1. The van der Waals surface area contributed by atoms with Gasteiger partial charge in [0.05, 0.1) is 12.1 Å². The fourth-order valence-electron chi connectivity index (χ4n) is 2.31. The number of hydrogen-bond donors (Lipinski definition) is 2. The normalized spacial score (nSPS) is 16.2. The molecule has 1 saturated carbocycles. The van der Waals surface area contributed by atoms with Crippen LogP contribution in [0.25, 0.3) is 10.6 Å². The minimum absolute atomic E-state index is 0.121. The molecule has 1 aliphatic carbocycles. The Labute approximate surface area is 129 Å². The van der Waals surface area contributed by atoms with E-state index in [0.29, 0.717) is 18.5 Å². The first-order chi connectivity index (χ1) is 10.1. The highest BCUT2D eigenvalue weighted by atomic mass is 32.1. The molecule has 1 fully saturated rings. The van der Waals surface area contributed by atoms with Gasteiger partial charge in [-0.2, -0.15) is 11.3 Å². The molecule has 0 atom stereocenters. The topological polar surface area (TPSA) is 79.3 Å². The number of aliphatic carboxylic acids is 1. The third kappa shape index (κ3) is 2.84. The van der Waals surface area contributed by atoms with Crippen molar-refractivity contribution in [2.75, 3.05) is 0 Å². The summed E-state index contributed by atoms with van der Waals surface area (Å²) in [7, 11) is 0. The fourth-order valence-corrected chi connectivity index (χ4v) is 3.84. The van der Waals surface area contributed by atoms with E-state index in [-0.39, 0.29) is 12.3 Å². The molecule has 3 rings (SSSR count). The number of hydrogen-bond acceptors (Lipinski definition) is 5. The Morgan fingerprint density at radius 3 is 2.76 bits per heavy atom. The number of carboxylic acid groups (broad SMARTS) is 1. The molecule has 0 radical (unpaired) electrons. The quantitative estimate of drug-likeness (QED) is 0.886. The van der Waals surface area contributed by atoms with Crippen LogP contribution in [0.1, 0.15) is 25.0 Å². The van der Waals surface area contributed by atoms with E-state index in [0.717, 1.165) is 17.0 Å². The van der Waals surface area contributed by atoms with Crippen LogP contribution in [0.4, 0.5) is 0 Å². The van der Waals surface area contributed by atoms with Crippen LogP contribution in [0.5, 0.6) is 0 Å². The van der Waals surface area contributed by atoms with Gasteiger partial charge in [-0.05, 0) is 30.7 Å². The maximum atomic E-state index is 12.0. The van der Waals surface area contributed by atoms with Gasteiger partial charge in [-0.25, -0.2) is 9.78 Å². The first-order valence-electron chi connectivity index (χ1n) is 6.60. The molecule has 21 heavy (non-hydrogen) atoms. The zero-order chi connectivity index (χ0) is 14.9. The summed E-state index contributed by atoms with van der Waals surface area (Å²) < 4.78 is 0. The van der Waals surface area contributed by atoms with Crippen LogP contribution in [0, 0.1) is 0 Å². The van der Waals surface area contributed by atoms with Gasteiger partial charge in [0.25, 0.3) is 0 Å². The van der Waals surface area contributed by atoms with Gasteiger partial charge in [-0.3, -0.25) is 4.79 Å². The molecule has 5 nitrogen and oxygen atoms in total. The van der Waals surface area contributed by atoms with Crippen molar-refractivity contribution in [3.63, 3.8) is 0 Å². The number of nitrogens with zero attached hydrogens (tertiary/aromatic N) is 1. The third-order valence-corrected chi connectivity index (χ3v) is 5.28. The Bertz CT molecular complexity index is 660. The number of carboxylic acids is 1. The lowest BCUT2D eigenvalue weighted by molar-refractivity contribution is -0.151. The largest absolute Gasteiger partial charge is 0.480 e. The number of carbonyl (C=O) groups excluding carboxylic acids is 1. The molecule has 0 aliphatic heterocycles. The minimum Gasteiger partial charge on any atom is -0.480 e. The van der Waals surface area contributed by atoms with Gasteiger partial charge in [0.2, 0.25) is 5.91 Å². The van der Waals surface area contributed by atoms with E-state index >= 15 is 0 Å². The van der Waals surface area contributed by atoms with E-state index in [2.05, 4.69) is 10.3 Å². The standard InChI is InChI=1S/C14H14N2O3S2/c17-11(16-14(13(18)19)3-1-4-14)6-10-8-21-12(15-10)9-2-5-20-7-9/h2,5,7-8H,1,3-4,6H2,(H,16,17)(H,18,19). The Kier molecular flexibility index (Phi) is 3.77. The van der Waals surface area contributed by atoms with Crippen LogP contribution < -0.4 is 5.32 Å². The average molecular weight is 322 g/mol. The molecule has 7 heteroatoms. The van der Waals surface area contributed by atoms with Crippen molar-refractivity contribution in [3.05, 3.63) is 27.9 Å². The highest BCUT2D eigenvalue weighted by molar-refractivity contribution is 7.14. The van der Waals surface area contributed by atoms with Gasteiger partial charge in [0.15, 0.2) is 0 Å². The van der Waals surface area contributed by atoms with Crippen LogP contribution in [0.2, 0.25) is 0 Å². The summed E-state index contributed by atoms with van der Waals surface area (Å²) in [6.07, 6.45) is 1.97. The summed E-state index contributed by atoms with van der Waals surface area (Å²) in [5.41, 5.74) is 0.680. The van der Waals surface area contributed by atoms with Crippen molar-refractivity contribution in [2.24, 2.45) is 0 Å². The van der Waals surface area contributed by atoms with Crippen LogP contribution in [0.3, 0.4) is 0 Å². The highest BCUT2D eigenvalue weighted by Crippen LogP contribution is 2.32. The molecular formula is C14H14N2O3S2. The molecule has 110 valence electrons. The molecule has 0 saturated heterocycles. The lowest BCUT2D eigenvalue weighted by Crippen LogP contribution is -2.59. The highest BCUT2D eigenvalue weighted by Gasteiger charge is 2.45. The Balaban J connectivity index is 1.64. The number of nitrogens with one attached hydrogen (secondary N) is 1. The van der Waals surface area contributed by atoms with Gasteiger partial charge in [-0.15, -0.1) is 11.3 Å². The molecule has 0 bridgehead atoms. The number of aromatic nitrogens is 1. The van der Waals surface area contributed by atoms with Crippen LogP contribution >= 0.6 is 22.7 Å². The SMILES string of the molecule is O=C(Cc1csc(-c2ccsc2)n1)NC1(C(=O)O)CCC1. The summed E-state index contributed by atoms with van der Waals surface area (Å²) in [5, 5.41) is 18.6. The molecule has 1 amide bonds. The van der Waals surface area contributed by atoms with Crippen molar-refractivity contribution in [1.29, 1.82) is 0 Å². The summed E-state index contributed by atoms with van der Waals surface area (Å²) >= 11 is 3.09. The average Bonchev–Trinajstić information content (AvgIpc) is 3.03. The van der Waals surface area contributed by atoms with Crippen LogP contribution in [-0.2, 0) is 16.0 Å². The predicted octanol–water partition coefficient (Wildman–Crippen LogP) is 2.54. The van der Waals surface area contributed by atoms with Crippen molar-refractivity contribution in [3.8, 4) is 10.6 Å². The monoisotopic (exact) mass is 322 g/mol. The molecular weight excluding hydrogens is 308 g/mol. The minimum atomic E-state index is -1.05. The molecule has 2 aromatic heterocycles. The lowest BCUT2D eigenvalue weighted by atomic mass is 9.76. The summed E-state index contributed by atoms with van der Waals surface area (Å²) in [5.74, 6) is -1.22. The second-order valence-corrected chi connectivity index (χ2v) is 6.76. The third-order valence-electron chi connectivity index (χ3n) is 3.66. The zero-order valence-electron chi connectivity index (χ0n) is 11.2. The molecule has 2 heterocycles. The van der Waals surface area contributed by atoms with Gasteiger partial charge in [-0.1, -0.05) is 0 Å². The van der Waals surface area contributed by atoms with E-state index in [1.54, 1.807) is 11.3 Å². The van der Waals surface area contributed by atoms with E-state index in [4.69, 9.17) is 0 Å². The number of rotatable bonds is 5. The number of thiazole rings is 1. The van der Waals surface area contributed by atoms with E-state index in [1.807, 2.05) is 22.2 Å². The molecule has 0 aromatic carbocycles. The van der Waals surface area contributed by atoms with Crippen molar-refractivity contribution in [2.45, 2.75) is 31.2 Å². The number of carbonyl (C=O) groups is 2. The molecule has 0 spiro atoms. The van der Waals surface area contributed by atoms with E-state index in [1.165, 1.54) is 11.3 Å². The first-order valence-corrected chi connectivity index (χ1v) is 8.43. The zero-order valence-corrected chi connectivity index (χ0v) is 12.8. The van der Waals surface area contributed by atoms with E-state index in [9.17, 15) is 14.7 Å². The van der Waals surface area contributed by atoms with Gasteiger partial charge >= 0.3 is 5.97 Å². The predicted molar refractivity (Wildman–Crippen MR) is 81.5 cm³/mol. The molecule has 2 aromatic rings. The maximum Gasteiger partial charge on any atom is 0.329 e. The lowest BCUT2D eigenvalue weighted by Gasteiger charge is -2.38.